The molecular weight excluding hydrogens is 505 g/mol. The first kappa shape index (κ1) is 26.6. The predicted octanol–water partition coefficient (Wildman–Crippen LogP) is 3.56. The van der Waals surface area contributed by atoms with E-state index in [4.69, 9.17) is 0 Å². The minimum absolute atomic E-state index is 0.164. The molecule has 1 aliphatic rings. The standard InChI is InChI=1S/C25H25F3N6O2S/c26-25(27,28)18-3-5-19(6-4-18)32-22(36)20-2-1-9-31-24(20)37-23(17-7-10-29-11-8-17)33-21(35)16-34-14-12-30-13-15-34/h1-11,23,30H,12-16H2,(H,32,36)(H,33,35). The zero-order valence-corrected chi connectivity index (χ0v) is 20.5. The number of carbonyl (C=O) groups is 2. The lowest BCUT2D eigenvalue weighted by atomic mass is 10.2. The zero-order valence-electron chi connectivity index (χ0n) is 19.7. The first-order valence-corrected chi connectivity index (χ1v) is 12.4. The molecule has 0 bridgehead atoms. The highest BCUT2D eigenvalue weighted by Crippen LogP contribution is 2.34. The molecule has 12 heteroatoms. The van der Waals surface area contributed by atoms with Crippen LogP contribution >= 0.6 is 11.8 Å². The van der Waals surface area contributed by atoms with Crippen molar-refractivity contribution in [2.24, 2.45) is 0 Å². The van der Waals surface area contributed by atoms with Gasteiger partial charge in [0.2, 0.25) is 5.91 Å². The molecule has 3 N–H and O–H groups in total. The third-order valence-electron chi connectivity index (χ3n) is 5.59. The maximum Gasteiger partial charge on any atom is 0.416 e. The minimum atomic E-state index is -4.47. The molecule has 1 unspecified atom stereocenters. The largest absolute Gasteiger partial charge is 0.416 e. The topological polar surface area (TPSA) is 99.3 Å². The summed E-state index contributed by atoms with van der Waals surface area (Å²) in [4.78, 5) is 36.3. The lowest BCUT2D eigenvalue weighted by Crippen LogP contribution is -2.47. The van der Waals surface area contributed by atoms with Crippen LogP contribution in [0.5, 0.6) is 0 Å². The van der Waals surface area contributed by atoms with Crippen molar-refractivity contribution in [2.45, 2.75) is 16.6 Å². The summed E-state index contributed by atoms with van der Waals surface area (Å²) in [5.41, 5.74) is 0.406. The van der Waals surface area contributed by atoms with Gasteiger partial charge in [0.05, 0.1) is 17.7 Å². The van der Waals surface area contributed by atoms with Crippen molar-refractivity contribution in [1.82, 2.24) is 25.5 Å². The minimum Gasteiger partial charge on any atom is -0.339 e. The van der Waals surface area contributed by atoms with Crippen LogP contribution in [0.15, 0.2) is 72.1 Å². The summed E-state index contributed by atoms with van der Waals surface area (Å²) in [6, 6.07) is 10.9. The van der Waals surface area contributed by atoms with Gasteiger partial charge in [-0.15, -0.1) is 0 Å². The highest BCUT2D eigenvalue weighted by molar-refractivity contribution is 7.99. The highest BCUT2D eigenvalue weighted by Gasteiger charge is 2.30. The molecule has 2 amide bonds. The van der Waals surface area contributed by atoms with Gasteiger partial charge in [-0.25, -0.2) is 4.98 Å². The molecule has 0 aliphatic carbocycles. The number of benzene rings is 1. The number of alkyl halides is 3. The van der Waals surface area contributed by atoms with Gasteiger partial charge in [-0.1, -0.05) is 11.8 Å². The van der Waals surface area contributed by atoms with Gasteiger partial charge in [-0.3, -0.25) is 19.5 Å². The number of nitrogens with one attached hydrogen (secondary N) is 3. The number of aromatic nitrogens is 2. The van der Waals surface area contributed by atoms with E-state index in [0.29, 0.717) is 5.03 Å². The highest BCUT2D eigenvalue weighted by atomic mass is 32.2. The fourth-order valence-corrected chi connectivity index (χ4v) is 4.81. The van der Waals surface area contributed by atoms with Gasteiger partial charge in [0.1, 0.15) is 10.4 Å². The number of hydrogen-bond acceptors (Lipinski definition) is 7. The van der Waals surface area contributed by atoms with Crippen LogP contribution < -0.4 is 16.0 Å². The van der Waals surface area contributed by atoms with Crippen molar-refractivity contribution in [3.05, 3.63) is 83.8 Å². The summed E-state index contributed by atoms with van der Waals surface area (Å²) in [5.74, 6) is -0.695. The third-order valence-corrected chi connectivity index (χ3v) is 6.77. The third kappa shape index (κ3) is 7.51. The average molecular weight is 531 g/mol. The maximum absolute atomic E-state index is 13.0. The van der Waals surface area contributed by atoms with E-state index in [-0.39, 0.29) is 23.7 Å². The molecule has 1 aromatic carbocycles. The number of carbonyl (C=O) groups excluding carboxylic acids is 2. The summed E-state index contributed by atoms with van der Waals surface area (Å²) in [5, 5.41) is 8.69. The fourth-order valence-electron chi connectivity index (χ4n) is 3.69. The molecule has 1 fully saturated rings. The molecule has 2 aromatic heterocycles. The van der Waals surface area contributed by atoms with E-state index in [0.717, 1.165) is 43.9 Å². The first-order chi connectivity index (χ1) is 17.8. The van der Waals surface area contributed by atoms with E-state index >= 15 is 0 Å². The van der Waals surface area contributed by atoms with E-state index in [1.54, 1.807) is 36.7 Å². The van der Waals surface area contributed by atoms with Gasteiger partial charge in [0.15, 0.2) is 0 Å². The maximum atomic E-state index is 13.0. The molecule has 1 atom stereocenters. The van der Waals surface area contributed by atoms with E-state index in [1.165, 1.54) is 30.1 Å². The number of piperazine rings is 1. The summed E-state index contributed by atoms with van der Waals surface area (Å²) >= 11 is 1.19. The Balaban J connectivity index is 1.50. The Morgan fingerprint density at radius 3 is 2.41 bits per heavy atom. The normalized spacial score (nSPS) is 15.1. The molecule has 4 rings (SSSR count). The van der Waals surface area contributed by atoms with Crippen molar-refractivity contribution < 1.29 is 22.8 Å². The fraction of sp³-hybridized carbons (Fsp3) is 0.280. The van der Waals surface area contributed by atoms with Crippen LogP contribution in [-0.4, -0.2) is 59.4 Å². The number of hydrogen-bond donors (Lipinski definition) is 3. The number of nitrogens with zero attached hydrogens (tertiary/aromatic N) is 3. The molecule has 3 aromatic rings. The van der Waals surface area contributed by atoms with Gasteiger partial charge in [0.25, 0.3) is 5.91 Å². The summed E-state index contributed by atoms with van der Waals surface area (Å²) < 4.78 is 38.5. The molecule has 8 nitrogen and oxygen atoms in total. The van der Waals surface area contributed by atoms with Gasteiger partial charge in [0, 0.05) is 50.5 Å². The molecule has 3 heterocycles. The number of thioether (sulfide) groups is 1. The Labute approximate surface area is 216 Å². The van der Waals surface area contributed by atoms with Gasteiger partial charge in [-0.05, 0) is 54.1 Å². The zero-order chi connectivity index (χ0) is 26.3. The predicted molar refractivity (Wildman–Crippen MR) is 134 cm³/mol. The summed E-state index contributed by atoms with van der Waals surface area (Å²) in [6.07, 6.45) is 0.292. The quantitative estimate of drug-likeness (QED) is 0.303. The van der Waals surface area contributed by atoms with E-state index in [9.17, 15) is 22.8 Å². The number of rotatable bonds is 8. The van der Waals surface area contributed by atoms with Crippen LogP contribution in [0, 0.1) is 0 Å². The number of anilines is 1. The second kappa shape index (κ2) is 12.2. The second-order valence-electron chi connectivity index (χ2n) is 8.26. The molecule has 37 heavy (non-hydrogen) atoms. The molecule has 0 radical (unpaired) electrons. The van der Waals surface area contributed by atoms with Crippen LogP contribution in [0.3, 0.4) is 0 Å². The van der Waals surface area contributed by atoms with Crippen molar-refractivity contribution in [2.75, 3.05) is 38.0 Å². The molecule has 0 saturated carbocycles. The molecule has 194 valence electrons. The monoisotopic (exact) mass is 530 g/mol. The Morgan fingerprint density at radius 2 is 1.73 bits per heavy atom. The second-order valence-corrected chi connectivity index (χ2v) is 9.35. The SMILES string of the molecule is O=C(CN1CCNCC1)NC(Sc1ncccc1C(=O)Nc1ccc(C(F)(F)F)cc1)c1ccncc1. The summed E-state index contributed by atoms with van der Waals surface area (Å²) in [6.45, 7) is 3.43. The van der Waals surface area contributed by atoms with E-state index in [2.05, 4.69) is 30.8 Å². The van der Waals surface area contributed by atoms with Crippen LogP contribution in [-0.2, 0) is 11.0 Å². The molecule has 1 aliphatic heterocycles. The lowest BCUT2D eigenvalue weighted by Gasteiger charge is -2.27. The van der Waals surface area contributed by atoms with Gasteiger partial charge >= 0.3 is 6.18 Å². The molecule has 0 spiro atoms. The number of amides is 2. The molecular formula is C25H25F3N6O2S. The van der Waals surface area contributed by atoms with Crippen molar-refractivity contribution in [3.8, 4) is 0 Å². The Morgan fingerprint density at radius 1 is 1.03 bits per heavy atom. The average Bonchev–Trinajstić information content (AvgIpc) is 2.89. The van der Waals surface area contributed by atoms with E-state index in [1.807, 2.05) is 0 Å². The van der Waals surface area contributed by atoms with Crippen molar-refractivity contribution in [3.63, 3.8) is 0 Å². The molecule has 1 saturated heterocycles. The van der Waals surface area contributed by atoms with Gasteiger partial charge in [-0.2, -0.15) is 13.2 Å². The smallest absolute Gasteiger partial charge is 0.339 e. The van der Waals surface area contributed by atoms with E-state index < -0.39 is 23.0 Å². The van der Waals surface area contributed by atoms with Gasteiger partial charge < -0.3 is 16.0 Å². The first-order valence-electron chi connectivity index (χ1n) is 11.5. The number of pyridine rings is 2. The van der Waals surface area contributed by atoms with Crippen LogP contribution in [0.4, 0.5) is 18.9 Å². The van der Waals surface area contributed by atoms with Crippen molar-refractivity contribution >= 4 is 29.3 Å². The Kier molecular flexibility index (Phi) is 8.74. The van der Waals surface area contributed by atoms with Crippen LogP contribution in [0.25, 0.3) is 0 Å². The van der Waals surface area contributed by atoms with Crippen molar-refractivity contribution in [1.29, 1.82) is 0 Å². The van der Waals surface area contributed by atoms with Crippen LogP contribution in [0.1, 0.15) is 26.9 Å². The Hall–Kier alpha value is -3.48. The Bertz CT molecular complexity index is 1210. The lowest BCUT2D eigenvalue weighted by molar-refractivity contribution is -0.137. The van der Waals surface area contributed by atoms with Crippen LogP contribution in [0.2, 0.25) is 0 Å². The number of halogens is 3. The summed E-state index contributed by atoms with van der Waals surface area (Å²) in [7, 11) is 0.